The van der Waals surface area contributed by atoms with Crippen LogP contribution in [0.3, 0.4) is 0 Å². The fourth-order valence-corrected chi connectivity index (χ4v) is 2.61. The van der Waals surface area contributed by atoms with Gasteiger partial charge in [0.1, 0.15) is 11.6 Å². The Morgan fingerprint density at radius 1 is 1.45 bits per heavy atom. The summed E-state index contributed by atoms with van der Waals surface area (Å²) in [6.07, 6.45) is 0.887. The van der Waals surface area contributed by atoms with E-state index in [1.54, 1.807) is 4.57 Å². The Hall–Kier alpha value is -1.83. The highest BCUT2D eigenvalue weighted by atomic mass is 32.2. The highest BCUT2D eigenvalue weighted by molar-refractivity contribution is 7.98. The number of aromatic amines is 1. The molecule has 7 nitrogen and oxygen atoms in total. The van der Waals surface area contributed by atoms with Gasteiger partial charge in [-0.3, -0.25) is 4.57 Å². The summed E-state index contributed by atoms with van der Waals surface area (Å²) in [5, 5.41) is 10.2. The number of hydrogen-bond donors (Lipinski definition) is 2. The van der Waals surface area contributed by atoms with Crippen LogP contribution in [-0.2, 0) is 12.3 Å². The van der Waals surface area contributed by atoms with Gasteiger partial charge in [-0.25, -0.2) is 19.9 Å². The minimum atomic E-state index is -0.171. The van der Waals surface area contributed by atoms with Crippen LogP contribution in [-0.4, -0.2) is 31.8 Å². The fourth-order valence-electron chi connectivity index (χ4n) is 1.79. The molecule has 0 radical (unpaired) electrons. The van der Waals surface area contributed by atoms with Crippen LogP contribution in [0.5, 0.6) is 0 Å². The summed E-state index contributed by atoms with van der Waals surface area (Å²) in [5.41, 5.74) is 0.739. The van der Waals surface area contributed by atoms with Crippen molar-refractivity contribution in [1.82, 2.24) is 24.7 Å². The summed E-state index contributed by atoms with van der Waals surface area (Å²) >= 11 is 1.46. The molecule has 2 rings (SSSR count). The van der Waals surface area contributed by atoms with E-state index in [1.807, 2.05) is 27.0 Å². The molecule has 0 fully saturated rings. The number of nitrogens with zero attached hydrogens (tertiary/aromatic N) is 4. The number of rotatable bonds is 6. The summed E-state index contributed by atoms with van der Waals surface area (Å²) in [6, 6.07) is 1.88. The first-order valence-electron chi connectivity index (χ1n) is 6.44. The van der Waals surface area contributed by atoms with Crippen LogP contribution in [0.2, 0.25) is 0 Å². The number of nitrogens with one attached hydrogen (secondary N) is 2. The number of anilines is 1. The molecule has 20 heavy (non-hydrogen) atoms. The molecular formula is C12H18N6OS. The van der Waals surface area contributed by atoms with E-state index in [4.69, 9.17) is 0 Å². The van der Waals surface area contributed by atoms with E-state index in [9.17, 15) is 4.79 Å². The zero-order valence-corrected chi connectivity index (χ0v) is 12.6. The minimum absolute atomic E-state index is 0.171. The maximum Gasteiger partial charge on any atom is 0.343 e. The molecule has 0 saturated carbocycles. The van der Waals surface area contributed by atoms with E-state index < -0.39 is 0 Å². The highest BCUT2D eigenvalue weighted by Crippen LogP contribution is 2.19. The molecule has 8 heteroatoms. The second-order valence-electron chi connectivity index (χ2n) is 4.31. The molecule has 108 valence electrons. The fraction of sp³-hybridized carbons (Fsp3) is 0.500. The van der Waals surface area contributed by atoms with Crippen molar-refractivity contribution in [1.29, 1.82) is 0 Å². The molecule has 2 N–H and O–H groups in total. The van der Waals surface area contributed by atoms with Gasteiger partial charge in [0.2, 0.25) is 0 Å². The molecule has 0 saturated heterocycles. The molecule has 0 atom stereocenters. The number of thioether (sulfide) groups is 1. The van der Waals surface area contributed by atoms with E-state index in [0.717, 1.165) is 23.8 Å². The van der Waals surface area contributed by atoms with Crippen molar-refractivity contribution in [2.45, 2.75) is 37.7 Å². The summed E-state index contributed by atoms with van der Waals surface area (Å²) in [4.78, 5) is 20.3. The number of hydrogen-bond acceptors (Lipinski definition) is 6. The van der Waals surface area contributed by atoms with Crippen molar-refractivity contribution >= 4 is 17.6 Å². The molecule has 2 heterocycles. The van der Waals surface area contributed by atoms with Crippen LogP contribution < -0.4 is 11.0 Å². The summed E-state index contributed by atoms with van der Waals surface area (Å²) in [7, 11) is 1.82. The second-order valence-corrected chi connectivity index (χ2v) is 5.25. The quantitative estimate of drug-likeness (QED) is 0.783. The Bertz CT molecular complexity index is 635. The molecule has 0 aliphatic rings. The van der Waals surface area contributed by atoms with Crippen molar-refractivity contribution in [3.8, 4) is 0 Å². The zero-order valence-electron chi connectivity index (χ0n) is 11.8. The smallest absolute Gasteiger partial charge is 0.343 e. The van der Waals surface area contributed by atoms with Gasteiger partial charge in [0.15, 0.2) is 5.16 Å². The van der Waals surface area contributed by atoms with Crippen molar-refractivity contribution in [3.63, 3.8) is 0 Å². The van der Waals surface area contributed by atoms with E-state index in [-0.39, 0.29) is 5.69 Å². The van der Waals surface area contributed by atoms with Crippen LogP contribution in [0.1, 0.15) is 24.9 Å². The molecule has 0 aliphatic heterocycles. The van der Waals surface area contributed by atoms with Gasteiger partial charge in [-0.2, -0.15) is 0 Å². The lowest BCUT2D eigenvalue weighted by molar-refractivity contribution is 0.603. The first kappa shape index (κ1) is 14.6. The molecule has 0 amide bonds. The lowest BCUT2D eigenvalue weighted by atomic mass is 10.4. The first-order chi connectivity index (χ1) is 9.63. The van der Waals surface area contributed by atoms with Crippen molar-refractivity contribution in [3.05, 3.63) is 28.1 Å². The molecule has 0 unspecified atom stereocenters. The molecule has 0 aliphatic carbocycles. The standard InChI is InChI=1S/C12H18N6OS/c1-4-5-18-11(19)16-17-12(18)20-7-10-14-8(2)6-9(13-3)15-10/h6H,4-5,7H2,1-3H3,(H,16,19)(H,13,14,15). The third kappa shape index (κ3) is 3.38. The summed E-state index contributed by atoms with van der Waals surface area (Å²) < 4.78 is 1.64. The topological polar surface area (TPSA) is 88.5 Å². The van der Waals surface area contributed by atoms with Crippen LogP contribution in [0.4, 0.5) is 5.82 Å². The SMILES string of the molecule is CCCn1c(SCc2nc(C)cc(NC)n2)n[nH]c1=O. The maximum atomic E-state index is 11.6. The van der Waals surface area contributed by atoms with Gasteiger partial charge >= 0.3 is 5.69 Å². The third-order valence-electron chi connectivity index (χ3n) is 2.66. The largest absolute Gasteiger partial charge is 0.373 e. The van der Waals surface area contributed by atoms with Gasteiger partial charge in [0, 0.05) is 25.4 Å². The van der Waals surface area contributed by atoms with Gasteiger partial charge < -0.3 is 5.32 Å². The molecule has 2 aromatic rings. The van der Waals surface area contributed by atoms with Gasteiger partial charge in [-0.05, 0) is 13.3 Å². The van der Waals surface area contributed by atoms with Crippen molar-refractivity contribution in [2.75, 3.05) is 12.4 Å². The van der Waals surface area contributed by atoms with Gasteiger partial charge in [0.05, 0.1) is 5.75 Å². The van der Waals surface area contributed by atoms with Crippen LogP contribution in [0.15, 0.2) is 16.0 Å². The molecular weight excluding hydrogens is 276 g/mol. The Labute approximate surface area is 121 Å². The summed E-state index contributed by atoms with van der Waals surface area (Å²) in [5.74, 6) is 2.09. The minimum Gasteiger partial charge on any atom is -0.373 e. The average Bonchev–Trinajstić information content (AvgIpc) is 2.77. The van der Waals surface area contributed by atoms with E-state index >= 15 is 0 Å². The highest BCUT2D eigenvalue weighted by Gasteiger charge is 2.10. The van der Waals surface area contributed by atoms with Crippen LogP contribution in [0, 0.1) is 6.92 Å². The zero-order chi connectivity index (χ0) is 14.5. The van der Waals surface area contributed by atoms with Gasteiger partial charge in [0.25, 0.3) is 0 Å². The van der Waals surface area contributed by atoms with Crippen LogP contribution >= 0.6 is 11.8 Å². The molecule has 0 spiro atoms. The van der Waals surface area contributed by atoms with E-state index in [1.165, 1.54) is 11.8 Å². The Morgan fingerprint density at radius 3 is 2.95 bits per heavy atom. The van der Waals surface area contributed by atoms with Crippen LogP contribution in [0.25, 0.3) is 0 Å². The van der Waals surface area contributed by atoms with E-state index in [0.29, 0.717) is 17.5 Å². The first-order valence-corrected chi connectivity index (χ1v) is 7.43. The predicted molar refractivity (Wildman–Crippen MR) is 79.0 cm³/mol. The average molecular weight is 294 g/mol. The number of aromatic nitrogens is 5. The lowest BCUT2D eigenvalue weighted by Gasteiger charge is -2.06. The third-order valence-corrected chi connectivity index (χ3v) is 3.63. The van der Waals surface area contributed by atoms with Gasteiger partial charge in [-0.1, -0.05) is 18.7 Å². The second kappa shape index (κ2) is 6.56. The number of aryl methyl sites for hydroxylation is 1. The Balaban J connectivity index is 2.12. The molecule has 2 aromatic heterocycles. The lowest BCUT2D eigenvalue weighted by Crippen LogP contribution is -2.17. The van der Waals surface area contributed by atoms with Crippen molar-refractivity contribution in [2.24, 2.45) is 0 Å². The Kier molecular flexibility index (Phi) is 4.78. The predicted octanol–water partition coefficient (Wildman–Crippen LogP) is 1.41. The normalized spacial score (nSPS) is 10.8. The monoisotopic (exact) mass is 294 g/mol. The maximum absolute atomic E-state index is 11.6. The molecule has 0 aromatic carbocycles. The van der Waals surface area contributed by atoms with Crippen molar-refractivity contribution < 1.29 is 0 Å². The summed E-state index contributed by atoms with van der Waals surface area (Å²) in [6.45, 7) is 4.61. The Morgan fingerprint density at radius 2 is 2.25 bits per heavy atom. The molecule has 0 bridgehead atoms. The van der Waals surface area contributed by atoms with Gasteiger partial charge in [-0.15, -0.1) is 5.10 Å². The van der Waals surface area contributed by atoms with E-state index in [2.05, 4.69) is 25.5 Å². The number of H-pyrrole nitrogens is 1.